The highest BCUT2D eigenvalue weighted by Gasteiger charge is 2.49. The quantitative estimate of drug-likeness (QED) is 0.367. The minimum atomic E-state index is -1.12. The zero-order chi connectivity index (χ0) is 27.9. The van der Waals surface area contributed by atoms with E-state index < -0.39 is 41.6 Å². The van der Waals surface area contributed by atoms with Gasteiger partial charge in [-0.3, -0.25) is 14.4 Å². The summed E-state index contributed by atoms with van der Waals surface area (Å²) in [5.74, 6) is 0.866. The van der Waals surface area contributed by atoms with Crippen LogP contribution in [0.25, 0.3) is 0 Å². The number of esters is 1. The monoisotopic (exact) mass is 513 g/mol. The number of benzene rings is 1. The van der Waals surface area contributed by atoms with Gasteiger partial charge in [0, 0.05) is 11.6 Å². The highest BCUT2D eigenvalue weighted by Crippen LogP contribution is 2.41. The van der Waals surface area contributed by atoms with Crippen molar-refractivity contribution >= 4 is 23.9 Å². The van der Waals surface area contributed by atoms with Gasteiger partial charge in [0.15, 0.2) is 0 Å². The fourth-order valence-electron chi connectivity index (χ4n) is 4.06. The Hall–Kier alpha value is -3.54. The Kier molecular flexibility index (Phi) is 10.1. The van der Waals surface area contributed by atoms with Crippen molar-refractivity contribution in [3.05, 3.63) is 35.4 Å². The lowest BCUT2D eigenvalue weighted by atomic mass is 9.94. The second kappa shape index (κ2) is 12.6. The van der Waals surface area contributed by atoms with Gasteiger partial charge in [0.05, 0.1) is 7.11 Å². The predicted molar refractivity (Wildman–Crippen MR) is 139 cm³/mol. The van der Waals surface area contributed by atoms with Crippen LogP contribution in [0.2, 0.25) is 0 Å². The van der Waals surface area contributed by atoms with E-state index in [-0.39, 0.29) is 24.4 Å². The molecule has 5 atom stereocenters. The molecular formula is C28H39N3O6. The molecule has 0 spiro atoms. The number of rotatable bonds is 10. The van der Waals surface area contributed by atoms with Crippen molar-refractivity contribution in [1.29, 1.82) is 0 Å². The molecule has 1 aliphatic rings. The first-order valence-corrected chi connectivity index (χ1v) is 12.6. The molecule has 0 radical (unpaired) electrons. The number of alkyl carbamates (subject to hydrolysis) is 1. The molecule has 37 heavy (non-hydrogen) atoms. The second-order valence-electron chi connectivity index (χ2n) is 10.5. The Morgan fingerprint density at radius 2 is 1.84 bits per heavy atom. The predicted octanol–water partition coefficient (Wildman–Crippen LogP) is 3.17. The molecule has 1 saturated carbocycles. The maximum Gasteiger partial charge on any atom is 0.408 e. The van der Waals surface area contributed by atoms with Crippen LogP contribution in [0.3, 0.4) is 0 Å². The molecule has 202 valence electrons. The van der Waals surface area contributed by atoms with Crippen molar-refractivity contribution in [3.8, 4) is 12.3 Å². The normalized spacial score (nSPS) is 18.9. The molecule has 2 rings (SSSR count). The van der Waals surface area contributed by atoms with Gasteiger partial charge in [-0.25, -0.2) is 4.79 Å². The van der Waals surface area contributed by atoms with Crippen molar-refractivity contribution in [1.82, 2.24) is 15.5 Å². The Labute approximate surface area is 219 Å². The first kappa shape index (κ1) is 29.7. The summed E-state index contributed by atoms with van der Waals surface area (Å²) in [5, 5.41) is 5.32. The van der Waals surface area contributed by atoms with Gasteiger partial charge in [0.2, 0.25) is 11.8 Å². The smallest absolute Gasteiger partial charge is 0.408 e. The van der Waals surface area contributed by atoms with Crippen LogP contribution in [0.5, 0.6) is 0 Å². The number of hydrogen-bond donors (Lipinski definition) is 2. The third-order valence-electron chi connectivity index (χ3n) is 6.40. The number of hydrogen-bond acceptors (Lipinski definition) is 6. The van der Waals surface area contributed by atoms with E-state index in [1.165, 1.54) is 12.0 Å². The van der Waals surface area contributed by atoms with E-state index in [1.54, 1.807) is 45.0 Å². The first-order valence-electron chi connectivity index (χ1n) is 12.6. The molecule has 5 unspecified atom stereocenters. The molecule has 0 aromatic heterocycles. The van der Waals surface area contributed by atoms with Crippen molar-refractivity contribution in [2.45, 2.75) is 78.1 Å². The summed E-state index contributed by atoms with van der Waals surface area (Å²) >= 11 is 0. The highest BCUT2D eigenvalue weighted by molar-refractivity contribution is 5.94. The Bertz CT molecular complexity index is 1040. The Morgan fingerprint density at radius 3 is 2.35 bits per heavy atom. The van der Waals surface area contributed by atoms with Gasteiger partial charge in [0.1, 0.15) is 24.2 Å². The van der Waals surface area contributed by atoms with Crippen molar-refractivity contribution < 1.29 is 28.7 Å². The summed E-state index contributed by atoms with van der Waals surface area (Å²) in [6, 6.07) is 4.57. The minimum absolute atomic E-state index is 0.136. The van der Waals surface area contributed by atoms with Crippen LogP contribution >= 0.6 is 0 Å². The maximum atomic E-state index is 14.2. The molecule has 0 aliphatic heterocycles. The maximum absolute atomic E-state index is 14.2. The van der Waals surface area contributed by atoms with Crippen LogP contribution in [0.4, 0.5) is 4.79 Å². The average Bonchev–Trinajstić information content (AvgIpc) is 3.57. The summed E-state index contributed by atoms with van der Waals surface area (Å²) < 4.78 is 10.1. The number of nitrogens with one attached hydrogen (secondary N) is 2. The Morgan fingerprint density at radius 1 is 1.22 bits per heavy atom. The molecule has 3 amide bonds. The molecule has 1 fully saturated rings. The van der Waals surface area contributed by atoms with E-state index in [0.29, 0.717) is 24.0 Å². The van der Waals surface area contributed by atoms with Gasteiger partial charge in [-0.2, -0.15) is 0 Å². The number of terminal acetylenes is 1. The SMILES string of the molecule is C#Cc1ccccc1C(C(=O)NCC(=O)OC)N(C(=O)C(NC(=O)OC(C)(C)C)C(C)CC)C1CC1C. The molecule has 9 nitrogen and oxygen atoms in total. The lowest BCUT2D eigenvalue weighted by molar-refractivity contribution is -0.146. The van der Waals surface area contributed by atoms with Crippen LogP contribution in [-0.4, -0.2) is 60.1 Å². The fraction of sp³-hybridized carbons (Fsp3) is 0.571. The van der Waals surface area contributed by atoms with E-state index >= 15 is 0 Å². The largest absolute Gasteiger partial charge is 0.468 e. The number of amides is 3. The van der Waals surface area contributed by atoms with Gasteiger partial charge in [0.25, 0.3) is 0 Å². The molecule has 1 aliphatic carbocycles. The van der Waals surface area contributed by atoms with Gasteiger partial charge in [-0.15, -0.1) is 6.42 Å². The molecule has 9 heteroatoms. The molecule has 0 bridgehead atoms. The zero-order valence-electron chi connectivity index (χ0n) is 22.8. The number of nitrogens with zero attached hydrogens (tertiary/aromatic N) is 1. The first-order chi connectivity index (χ1) is 17.3. The van der Waals surface area contributed by atoms with Gasteiger partial charge in [-0.05, 0) is 50.7 Å². The zero-order valence-corrected chi connectivity index (χ0v) is 22.8. The van der Waals surface area contributed by atoms with E-state index in [9.17, 15) is 19.2 Å². The summed E-state index contributed by atoms with van der Waals surface area (Å²) in [6.45, 7) is 10.6. The van der Waals surface area contributed by atoms with Crippen molar-refractivity contribution in [2.75, 3.05) is 13.7 Å². The van der Waals surface area contributed by atoms with Crippen LogP contribution < -0.4 is 10.6 Å². The molecule has 2 N–H and O–H groups in total. The Balaban J connectivity index is 2.56. The van der Waals surface area contributed by atoms with Gasteiger partial charge >= 0.3 is 12.1 Å². The summed E-state index contributed by atoms with van der Waals surface area (Å²) in [5.41, 5.74) is 0.159. The lowest BCUT2D eigenvalue weighted by Crippen LogP contribution is -2.56. The number of ether oxygens (including phenoxy) is 2. The average molecular weight is 514 g/mol. The van der Waals surface area contributed by atoms with Crippen molar-refractivity contribution in [3.63, 3.8) is 0 Å². The molecule has 1 aromatic carbocycles. The number of methoxy groups -OCH3 is 1. The van der Waals surface area contributed by atoms with Gasteiger partial charge in [-0.1, -0.05) is 51.3 Å². The molecule has 0 heterocycles. The lowest BCUT2D eigenvalue weighted by Gasteiger charge is -2.36. The van der Waals surface area contributed by atoms with E-state index in [0.717, 1.165) is 0 Å². The van der Waals surface area contributed by atoms with E-state index in [4.69, 9.17) is 11.2 Å². The number of carbonyl (C=O) groups excluding carboxylic acids is 4. The topological polar surface area (TPSA) is 114 Å². The minimum Gasteiger partial charge on any atom is -0.468 e. The summed E-state index contributed by atoms with van der Waals surface area (Å²) in [4.78, 5) is 53.8. The van der Waals surface area contributed by atoms with Gasteiger partial charge < -0.3 is 25.0 Å². The fourth-order valence-corrected chi connectivity index (χ4v) is 4.06. The standard InChI is InChI=1S/C28H39N3O6/c1-9-17(3)23(30-27(35)37-28(5,6)7)26(34)31(21-15-18(21)4)24(25(33)29-16-22(32)36-8)20-14-12-11-13-19(20)10-2/h2,11-14,17-18,21,23-24H,9,15-16H2,1,3-8H3,(H,29,33)(H,30,35). The summed E-state index contributed by atoms with van der Waals surface area (Å²) in [6.07, 6.45) is 6.31. The number of carbonyl (C=O) groups is 4. The summed E-state index contributed by atoms with van der Waals surface area (Å²) in [7, 11) is 1.22. The molecule has 0 saturated heterocycles. The van der Waals surface area contributed by atoms with Crippen molar-refractivity contribution in [2.24, 2.45) is 11.8 Å². The van der Waals surface area contributed by atoms with Crippen LogP contribution in [0.15, 0.2) is 24.3 Å². The van der Waals surface area contributed by atoms with E-state index in [1.807, 2.05) is 20.8 Å². The van der Waals surface area contributed by atoms with E-state index in [2.05, 4.69) is 21.3 Å². The highest BCUT2D eigenvalue weighted by atomic mass is 16.6. The molecular weight excluding hydrogens is 474 g/mol. The molecule has 1 aromatic rings. The van der Waals surface area contributed by atoms with Crippen LogP contribution in [0.1, 0.15) is 71.6 Å². The second-order valence-corrected chi connectivity index (χ2v) is 10.5. The van der Waals surface area contributed by atoms with Crippen LogP contribution in [0, 0.1) is 24.2 Å². The van der Waals surface area contributed by atoms with Crippen LogP contribution in [-0.2, 0) is 23.9 Å². The third kappa shape index (κ3) is 7.97. The third-order valence-corrected chi connectivity index (χ3v) is 6.40.